The minimum Gasteiger partial charge on any atom is -0.338 e. The Bertz CT molecular complexity index is 1350. The number of amides is 1. The van der Waals surface area contributed by atoms with Crippen LogP contribution in [-0.4, -0.2) is 25.7 Å². The van der Waals surface area contributed by atoms with Crippen LogP contribution in [0.1, 0.15) is 21.7 Å². The third-order valence-corrected chi connectivity index (χ3v) is 5.32. The Morgan fingerprint density at radius 3 is 2.35 bits per heavy atom. The van der Waals surface area contributed by atoms with Gasteiger partial charge in [-0.2, -0.15) is 5.10 Å². The first-order valence-electron chi connectivity index (χ1n) is 10.1. The molecule has 1 amide bonds. The molecule has 0 radical (unpaired) electrons. The molecule has 5 aromatic rings. The molecule has 0 fully saturated rings. The van der Waals surface area contributed by atoms with Crippen LogP contribution in [-0.2, 0) is 0 Å². The summed E-state index contributed by atoms with van der Waals surface area (Å²) in [6, 6.07) is 25.4. The van der Waals surface area contributed by atoms with Crippen molar-refractivity contribution in [1.82, 2.24) is 19.7 Å². The number of benzene rings is 3. The van der Waals surface area contributed by atoms with E-state index in [4.69, 9.17) is 0 Å². The maximum absolute atomic E-state index is 13.0. The van der Waals surface area contributed by atoms with Crippen molar-refractivity contribution in [3.63, 3.8) is 0 Å². The number of hydrogen-bond acceptors (Lipinski definition) is 3. The van der Waals surface area contributed by atoms with Gasteiger partial charge in [0.2, 0.25) is 0 Å². The average molecular weight is 407 g/mol. The van der Waals surface area contributed by atoms with Crippen molar-refractivity contribution in [3.8, 4) is 17.1 Å². The van der Waals surface area contributed by atoms with Gasteiger partial charge in [-0.05, 0) is 62.4 Å². The monoisotopic (exact) mass is 407 g/mol. The molecule has 6 heteroatoms. The van der Waals surface area contributed by atoms with E-state index in [1.807, 2.05) is 92.7 Å². The minimum absolute atomic E-state index is 0.173. The SMILES string of the molecule is Cc1nn(-c2ccccc2)c(C)c1C(=O)Nc1ccc(-c2nc3ccccc3[nH]2)cc1. The summed E-state index contributed by atoms with van der Waals surface area (Å²) in [6.07, 6.45) is 0. The van der Waals surface area contributed by atoms with Crippen LogP contribution in [0.5, 0.6) is 0 Å². The average Bonchev–Trinajstić information content (AvgIpc) is 3.35. The molecule has 0 aliphatic heterocycles. The van der Waals surface area contributed by atoms with E-state index in [9.17, 15) is 4.79 Å². The highest BCUT2D eigenvalue weighted by molar-refractivity contribution is 6.06. The Labute approximate surface area is 179 Å². The highest BCUT2D eigenvalue weighted by Gasteiger charge is 2.19. The highest BCUT2D eigenvalue weighted by atomic mass is 16.1. The van der Waals surface area contributed by atoms with Crippen LogP contribution in [0.3, 0.4) is 0 Å². The van der Waals surface area contributed by atoms with Gasteiger partial charge < -0.3 is 10.3 Å². The van der Waals surface area contributed by atoms with Gasteiger partial charge in [0.05, 0.1) is 33.7 Å². The molecular formula is C25H21N5O. The maximum Gasteiger partial charge on any atom is 0.259 e. The molecule has 0 bridgehead atoms. The molecule has 152 valence electrons. The molecule has 0 unspecified atom stereocenters. The number of aromatic nitrogens is 4. The molecule has 2 aromatic heterocycles. The number of rotatable bonds is 4. The number of nitrogens with zero attached hydrogens (tertiary/aromatic N) is 3. The number of carbonyl (C=O) groups is 1. The number of fused-ring (bicyclic) bond motifs is 1. The van der Waals surface area contributed by atoms with Crippen LogP contribution in [0.25, 0.3) is 28.1 Å². The molecule has 31 heavy (non-hydrogen) atoms. The summed E-state index contributed by atoms with van der Waals surface area (Å²) < 4.78 is 1.80. The van der Waals surface area contributed by atoms with Gasteiger partial charge in [-0.15, -0.1) is 0 Å². The Balaban J connectivity index is 1.38. The second-order valence-electron chi connectivity index (χ2n) is 7.43. The van der Waals surface area contributed by atoms with Gasteiger partial charge in [0.25, 0.3) is 5.91 Å². The molecule has 0 saturated carbocycles. The standard InChI is InChI=1S/C25H21N5O/c1-16-23(17(2)30(29-16)20-8-4-3-5-9-20)25(31)26-19-14-12-18(13-15-19)24-27-21-10-6-7-11-22(21)28-24/h3-15H,1-2H3,(H,26,31)(H,27,28). The van der Waals surface area contributed by atoms with E-state index >= 15 is 0 Å². The van der Waals surface area contributed by atoms with E-state index in [1.165, 1.54) is 0 Å². The Morgan fingerprint density at radius 2 is 1.61 bits per heavy atom. The van der Waals surface area contributed by atoms with Crippen molar-refractivity contribution < 1.29 is 4.79 Å². The van der Waals surface area contributed by atoms with Gasteiger partial charge >= 0.3 is 0 Å². The van der Waals surface area contributed by atoms with E-state index in [0.29, 0.717) is 11.3 Å². The molecule has 5 rings (SSSR count). The molecule has 0 atom stereocenters. The summed E-state index contributed by atoms with van der Waals surface area (Å²) in [5.41, 5.74) is 6.61. The zero-order chi connectivity index (χ0) is 21.4. The second-order valence-corrected chi connectivity index (χ2v) is 7.43. The number of imidazole rings is 1. The fourth-order valence-corrected chi connectivity index (χ4v) is 3.79. The van der Waals surface area contributed by atoms with Gasteiger partial charge in [0.1, 0.15) is 5.82 Å². The second kappa shape index (κ2) is 7.57. The van der Waals surface area contributed by atoms with Gasteiger partial charge in [0, 0.05) is 11.3 Å². The van der Waals surface area contributed by atoms with Gasteiger partial charge in [0.15, 0.2) is 0 Å². The number of H-pyrrole nitrogens is 1. The quantitative estimate of drug-likeness (QED) is 0.425. The maximum atomic E-state index is 13.0. The summed E-state index contributed by atoms with van der Waals surface area (Å²) in [6.45, 7) is 3.76. The molecule has 6 nitrogen and oxygen atoms in total. The lowest BCUT2D eigenvalue weighted by molar-refractivity contribution is 0.102. The van der Waals surface area contributed by atoms with Gasteiger partial charge in [-0.3, -0.25) is 4.79 Å². The number of aromatic amines is 1. The molecule has 3 aromatic carbocycles. The molecule has 2 N–H and O–H groups in total. The van der Waals surface area contributed by atoms with Crippen LogP contribution in [0, 0.1) is 13.8 Å². The van der Waals surface area contributed by atoms with Crippen LogP contribution in [0.15, 0.2) is 78.9 Å². The first-order valence-corrected chi connectivity index (χ1v) is 10.1. The lowest BCUT2D eigenvalue weighted by Crippen LogP contribution is -2.14. The largest absolute Gasteiger partial charge is 0.338 e. The van der Waals surface area contributed by atoms with E-state index in [0.717, 1.165) is 39.5 Å². The van der Waals surface area contributed by atoms with Crippen molar-refractivity contribution in [2.75, 3.05) is 5.32 Å². The summed E-state index contributed by atoms with van der Waals surface area (Å²) in [5, 5.41) is 7.55. The van der Waals surface area contributed by atoms with Crippen molar-refractivity contribution in [1.29, 1.82) is 0 Å². The molecule has 2 heterocycles. The molecule has 0 spiro atoms. The van der Waals surface area contributed by atoms with Crippen LogP contribution < -0.4 is 5.32 Å². The van der Waals surface area contributed by atoms with Crippen molar-refractivity contribution in [3.05, 3.63) is 95.8 Å². The van der Waals surface area contributed by atoms with Crippen molar-refractivity contribution in [2.45, 2.75) is 13.8 Å². The molecule has 0 saturated heterocycles. The molecular weight excluding hydrogens is 386 g/mol. The summed E-state index contributed by atoms with van der Waals surface area (Å²) in [7, 11) is 0. The van der Waals surface area contributed by atoms with Crippen LogP contribution >= 0.6 is 0 Å². The number of para-hydroxylation sites is 3. The number of hydrogen-bond donors (Lipinski definition) is 2. The predicted octanol–water partition coefficient (Wildman–Crippen LogP) is 5.28. The molecule has 0 aliphatic carbocycles. The smallest absolute Gasteiger partial charge is 0.259 e. The van der Waals surface area contributed by atoms with Gasteiger partial charge in [-0.25, -0.2) is 9.67 Å². The van der Waals surface area contributed by atoms with Crippen molar-refractivity contribution in [2.24, 2.45) is 0 Å². The lowest BCUT2D eigenvalue weighted by Gasteiger charge is -2.07. The number of nitrogens with one attached hydrogen (secondary N) is 2. The normalized spacial score (nSPS) is 11.0. The topological polar surface area (TPSA) is 75.6 Å². The van der Waals surface area contributed by atoms with E-state index in [-0.39, 0.29) is 5.91 Å². The Morgan fingerprint density at radius 1 is 0.903 bits per heavy atom. The third-order valence-electron chi connectivity index (χ3n) is 5.32. The zero-order valence-corrected chi connectivity index (χ0v) is 17.3. The third kappa shape index (κ3) is 3.48. The first kappa shape index (κ1) is 18.8. The Kier molecular flexibility index (Phi) is 4.59. The lowest BCUT2D eigenvalue weighted by atomic mass is 10.1. The highest BCUT2D eigenvalue weighted by Crippen LogP contribution is 2.23. The van der Waals surface area contributed by atoms with E-state index in [2.05, 4.69) is 20.4 Å². The van der Waals surface area contributed by atoms with Crippen LogP contribution in [0.4, 0.5) is 5.69 Å². The van der Waals surface area contributed by atoms with Crippen molar-refractivity contribution >= 4 is 22.6 Å². The van der Waals surface area contributed by atoms with Crippen LogP contribution in [0.2, 0.25) is 0 Å². The Hall–Kier alpha value is -4.19. The van der Waals surface area contributed by atoms with Gasteiger partial charge in [-0.1, -0.05) is 30.3 Å². The predicted molar refractivity (Wildman–Crippen MR) is 123 cm³/mol. The number of aryl methyl sites for hydroxylation is 1. The minimum atomic E-state index is -0.173. The zero-order valence-electron chi connectivity index (χ0n) is 17.3. The number of carbonyl (C=O) groups excluding carboxylic acids is 1. The fraction of sp³-hybridized carbons (Fsp3) is 0.0800. The molecule has 0 aliphatic rings. The summed E-state index contributed by atoms with van der Waals surface area (Å²) in [5.74, 6) is 0.628. The van der Waals surface area contributed by atoms with E-state index in [1.54, 1.807) is 4.68 Å². The summed E-state index contributed by atoms with van der Waals surface area (Å²) in [4.78, 5) is 20.9. The summed E-state index contributed by atoms with van der Waals surface area (Å²) >= 11 is 0. The number of anilines is 1. The fourth-order valence-electron chi connectivity index (χ4n) is 3.79. The first-order chi connectivity index (χ1) is 15.1. The van der Waals surface area contributed by atoms with E-state index < -0.39 is 0 Å².